The molecule has 0 aromatic heterocycles. The molecular weight excluding hydrogens is 480 g/mol. The first kappa shape index (κ1) is 27.0. The van der Waals surface area contributed by atoms with Gasteiger partial charge in [0, 0.05) is 26.1 Å². The lowest BCUT2D eigenvalue weighted by Gasteiger charge is -2.37. The fourth-order valence-electron chi connectivity index (χ4n) is 4.60. The van der Waals surface area contributed by atoms with Crippen molar-refractivity contribution >= 4 is 17.7 Å². The van der Waals surface area contributed by atoms with Gasteiger partial charge in [0.1, 0.15) is 11.5 Å². The number of rotatable bonds is 13. The van der Waals surface area contributed by atoms with Gasteiger partial charge in [-0.25, -0.2) is 9.59 Å². The predicted octanol–water partition coefficient (Wildman–Crippen LogP) is 6.16. The highest BCUT2D eigenvalue weighted by Crippen LogP contribution is 2.29. The number of anilines is 1. The molecular formula is C31H36N2O5. The number of carboxylic acids is 1. The molecule has 7 heteroatoms. The molecule has 2 amide bonds. The van der Waals surface area contributed by atoms with E-state index in [9.17, 15) is 14.7 Å². The van der Waals surface area contributed by atoms with E-state index in [0.29, 0.717) is 37.6 Å². The fourth-order valence-corrected chi connectivity index (χ4v) is 4.60. The van der Waals surface area contributed by atoms with Gasteiger partial charge in [0.2, 0.25) is 5.60 Å². The van der Waals surface area contributed by atoms with Crippen molar-refractivity contribution in [2.45, 2.75) is 51.7 Å². The maximum Gasteiger partial charge on any atom is 0.348 e. The second-order valence-electron chi connectivity index (χ2n) is 9.81. The largest absolute Gasteiger partial charge is 0.494 e. The molecule has 1 atom stereocenters. The van der Waals surface area contributed by atoms with Crippen LogP contribution in [-0.4, -0.2) is 47.3 Å². The van der Waals surface area contributed by atoms with Crippen molar-refractivity contribution in [1.29, 1.82) is 0 Å². The SMILES string of the molecule is CCCCN1C(=O)N(CCCOc2ccc(C[C@](C)(Oc3ccccc3)C(=O)O)cc2)Cc2ccccc21. The molecule has 7 nitrogen and oxygen atoms in total. The van der Waals surface area contributed by atoms with E-state index in [-0.39, 0.29) is 12.5 Å². The summed E-state index contributed by atoms with van der Waals surface area (Å²) in [7, 11) is 0. The van der Waals surface area contributed by atoms with Crippen molar-refractivity contribution in [3.63, 3.8) is 0 Å². The zero-order valence-electron chi connectivity index (χ0n) is 22.1. The highest BCUT2D eigenvalue weighted by molar-refractivity contribution is 5.94. The Hall–Kier alpha value is -4.00. The van der Waals surface area contributed by atoms with Crippen LogP contribution in [0.5, 0.6) is 11.5 Å². The fraction of sp³-hybridized carbons (Fsp3) is 0.355. The standard InChI is InChI=1S/C31H36N2O5/c1-3-4-20-33-28-14-9-8-11-25(28)23-32(30(33)36)19-10-21-37-26-17-15-24(16-18-26)22-31(2,29(34)35)38-27-12-6-5-7-13-27/h5-9,11-18H,3-4,10,19-23H2,1-2H3,(H,34,35)/t31-/m0/s1. The first-order valence-electron chi connectivity index (χ1n) is 13.2. The smallest absolute Gasteiger partial charge is 0.348 e. The van der Waals surface area contributed by atoms with Crippen LogP contribution >= 0.6 is 0 Å². The van der Waals surface area contributed by atoms with Crippen LogP contribution in [0.1, 0.15) is 44.2 Å². The van der Waals surface area contributed by atoms with Crippen molar-refractivity contribution < 1.29 is 24.2 Å². The third kappa shape index (κ3) is 6.65. The van der Waals surface area contributed by atoms with Gasteiger partial charge >= 0.3 is 12.0 Å². The van der Waals surface area contributed by atoms with Crippen LogP contribution in [0.15, 0.2) is 78.9 Å². The minimum absolute atomic E-state index is 0.0562. The summed E-state index contributed by atoms with van der Waals surface area (Å²) < 4.78 is 11.8. The molecule has 0 spiro atoms. The van der Waals surface area contributed by atoms with E-state index < -0.39 is 11.6 Å². The number of carboxylic acid groups (broad SMARTS) is 1. The summed E-state index contributed by atoms with van der Waals surface area (Å²) in [6.45, 7) is 6.13. The number of amides is 2. The second-order valence-corrected chi connectivity index (χ2v) is 9.81. The molecule has 0 fully saturated rings. The molecule has 3 aromatic carbocycles. The van der Waals surface area contributed by atoms with Gasteiger partial charge in [0.15, 0.2) is 0 Å². The Bertz CT molecular complexity index is 1210. The first-order valence-corrected chi connectivity index (χ1v) is 13.2. The number of para-hydroxylation sites is 2. The van der Waals surface area contributed by atoms with Gasteiger partial charge in [-0.3, -0.25) is 4.90 Å². The molecule has 0 unspecified atom stereocenters. The van der Waals surface area contributed by atoms with Crippen LogP contribution in [0.3, 0.4) is 0 Å². The summed E-state index contributed by atoms with van der Waals surface area (Å²) in [4.78, 5) is 28.9. The summed E-state index contributed by atoms with van der Waals surface area (Å²) >= 11 is 0. The normalized spacial score (nSPS) is 14.5. The topological polar surface area (TPSA) is 79.3 Å². The van der Waals surface area contributed by atoms with E-state index in [1.165, 1.54) is 5.56 Å². The molecule has 38 heavy (non-hydrogen) atoms. The van der Waals surface area contributed by atoms with E-state index in [0.717, 1.165) is 30.6 Å². The molecule has 0 saturated heterocycles. The van der Waals surface area contributed by atoms with Crippen molar-refractivity contribution in [3.8, 4) is 11.5 Å². The average molecular weight is 517 g/mol. The molecule has 200 valence electrons. The van der Waals surface area contributed by atoms with Gasteiger partial charge in [0.05, 0.1) is 12.3 Å². The molecule has 0 aliphatic carbocycles. The second kappa shape index (κ2) is 12.5. The summed E-state index contributed by atoms with van der Waals surface area (Å²) in [6.07, 6.45) is 2.93. The zero-order valence-corrected chi connectivity index (χ0v) is 22.1. The van der Waals surface area contributed by atoms with Gasteiger partial charge in [-0.05, 0) is 61.2 Å². The third-order valence-electron chi connectivity index (χ3n) is 6.72. The lowest BCUT2D eigenvalue weighted by molar-refractivity contribution is -0.153. The maximum atomic E-state index is 13.1. The van der Waals surface area contributed by atoms with Crippen molar-refractivity contribution in [3.05, 3.63) is 90.0 Å². The third-order valence-corrected chi connectivity index (χ3v) is 6.72. The van der Waals surface area contributed by atoms with Crippen LogP contribution in [0.2, 0.25) is 0 Å². The van der Waals surface area contributed by atoms with E-state index in [1.54, 1.807) is 19.1 Å². The number of urea groups is 1. The number of carbonyl (C=O) groups excluding carboxylic acids is 1. The van der Waals surface area contributed by atoms with Crippen LogP contribution in [-0.2, 0) is 17.8 Å². The van der Waals surface area contributed by atoms with Crippen LogP contribution in [0.25, 0.3) is 0 Å². The monoisotopic (exact) mass is 516 g/mol. The molecule has 0 saturated carbocycles. The van der Waals surface area contributed by atoms with Gasteiger partial charge in [-0.2, -0.15) is 0 Å². The Labute approximate surface area is 224 Å². The van der Waals surface area contributed by atoms with Crippen LogP contribution in [0, 0.1) is 0 Å². The number of fused-ring (bicyclic) bond motifs is 1. The molecule has 1 heterocycles. The molecule has 1 N–H and O–H groups in total. The number of carbonyl (C=O) groups is 2. The number of hydrogen-bond donors (Lipinski definition) is 1. The molecule has 1 aliphatic rings. The number of hydrogen-bond acceptors (Lipinski definition) is 4. The highest BCUT2D eigenvalue weighted by Gasteiger charge is 2.36. The Balaban J connectivity index is 1.29. The Kier molecular flexibility index (Phi) is 8.89. The van der Waals surface area contributed by atoms with Gasteiger partial charge < -0.3 is 19.5 Å². The van der Waals surface area contributed by atoms with E-state index in [1.807, 2.05) is 70.5 Å². The molecule has 0 radical (unpaired) electrons. The predicted molar refractivity (Wildman–Crippen MR) is 148 cm³/mol. The molecule has 3 aromatic rings. The minimum atomic E-state index is -1.39. The summed E-state index contributed by atoms with van der Waals surface area (Å²) in [5, 5.41) is 9.81. The lowest BCUT2D eigenvalue weighted by atomic mass is 9.96. The van der Waals surface area contributed by atoms with Crippen LogP contribution in [0.4, 0.5) is 10.5 Å². The van der Waals surface area contributed by atoms with Gasteiger partial charge in [0.25, 0.3) is 0 Å². The number of ether oxygens (including phenoxy) is 2. The number of nitrogens with zero attached hydrogens (tertiary/aromatic N) is 2. The van der Waals surface area contributed by atoms with E-state index >= 15 is 0 Å². The molecule has 0 bridgehead atoms. The number of benzene rings is 3. The summed E-state index contributed by atoms with van der Waals surface area (Å²) in [5.74, 6) is 0.195. The summed E-state index contributed by atoms with van der Waals surface area (Å²) in [6, 6.07) is 24.6. The quantitative estimate of drug-likeness (QED) is 0.275. The van der Waals surface area contributed by atoms with Crippen LogP contribution < -0.4 is 14.4 Å². The number of aliphatic carboxylic acids is 1. The maximum absolute atomic E-state index is 13.1. The number of unbranched alkanes of at least 4 members (excludes halogenated alkanes) is 1. The molecule has 4 rings (SSSR count). The van der Waals surface area contributed by atoms with Crippen molar-refractivity contribution in [2.75, 3.05) is 24.6 Å². The van der Waals surface area contributed by atoms with Gasteiger partial charge in [-0.15, -0.1) is 0 Å². The Morgan fingerprint density at radius 1 is 0.921 bits per heavy atom. The van der Waals surface area contributed by atoms with E-state index in [4.69, 9.17) is 9.47 Å². The van der Waals surface area contributed by atoms with Crippen molar-refractivity contribution in [1.82, 2.24) is 4.90 Å². The highest BCUT2D eigenvalue weighted by atomic mass is 16.5. The van der Waals surface area contributed by atoms with Gasteiger partial charge in [-0.1, -0.05) is 61.9 Å². The summed E-state index contributed by atoms with van der Waals surface area (Å²) in [5.41, 5.74) is 1.63. The van der Waals surface area contributed by atoms with E-state index in [2.05, 4.69) is 13.0 Å². The minimum Gasteiger partial charge on any atom is -0.494 e. The average Bonchev–Trinajstić information content (AvgIpc) is 2.92. The molecule has 1 aliphatic heterocycles. The Morgan fingerprint density at radius 3 is 2.34 bits per heavy atom. The first-order chi connectivity index (χ1) is 18.4. The van der Waals surface area contributed by atoms with Crippen molar-refractivity contribution in [2.24, 2.45) is 0 Å². The lowest BCUT2D eigenvalue weighted by Crippen LogP contribution is -2.48. The zero-order chi connectivity index (χ0) is 27.0. The Morgan fingerprint density at radius 2 is 1.63 bits per heavy atom.